The normalized spacial score (nSPS) is 14.2. The number of thiazole rings is 1. The topological polar surface area (TPSA) is 104 Å². The van der Waals surface area contributed by atoms with Crippen LogP contribution in [-0.2, 0) is 4.79 Å². The van der Waals surface area contributed by atoms with Gasteiger partial charge in [-0.1, -0.05) is 30.4 Å². The number of likely N-dealkylation sites (N-methyl/N-ethyl adjacent to an activating group) is 1. The number of carbonyl (C=O) groups excluding carboxylic acids is 2. The SMILES string of the molecule is CCC(=O)Nc1cccc(C(=O)c2sc(Nc3ccc(N4CCN(C)CC4)cc3)nc2N)c1. The van der Waals surface area contributed by atoms with Crippen molar-refractivity contribution in [1.29, 1.82) is 0 Å². The summed E-state index contributed by atoms with van der Waals surface area (Å²) in [7, 11) is 2.14. The molecule has 1 aliphatic rings. The lowest BCUT2D eigenvalue weighted by Gasteiger charge is -2.34. The Morgan fingerprint density at radius 2 is 1.79 bits per heavy atom. The second-order valence-electron chi connectivity index (χ2n) is 8.01. The molecule has 3 aromatic rings. The number of piperazine rings is 1. The molecule has 0 atom stereocenters. The van der Waals surface area contributed by atoms with E-state index in [9.17, 15) is 9.59 Å². The molecule has 2 heterocycles. The van der Waals surface area contributed by atoms with Crippen LogP contribution in [0.3, 0.4) is 0 Å². The zero-order valence-corrected chi connectivity index (χ0v) is 19.6. The highest BCUT2D eigenvalue weighted by Crippen LogP contribution is 2.31. The van der Waals surface area contributed by atoms with Crippen molar-refractivity contribution in [3.63, 3.8) is 0 Å². The van der Waals surface area contributed by atoms with E-state index in [1.807, 2.05) is 12.1 Å². The number of nitrogens with two attached hydrogens (primary N) is 1. The number of amides is 1. The molecule has 172 valence electrons. The Bertz CT molecular complexity index is 1140. The molecular weight excluding hydrogens is 436 g/mol. The summed E-state index contributed by atoms with van der Waals surface area (Å²) in [5.74, 6) is -0.150. The summed E-state index contributed by atoms with van der Waals surface area (Å²) in [5, 5.41) is 6.57. The zero-order chi connectivity index (χ0) is 23.4. The van der Waals surface area contributed by atoms with Gasteiger partial charge in [-0.05, 0) is 43.4 Å². The van der Waals surface area contributed by atoms with Gasteiger partial charge in [-0.3, -0.25) is 9.59 Å². The molecule has 1 aliphatic heterocycles. The molecule has 0 spiro atoms. The molecule has 4 rings (SSSR count). The van der Waals surface area contributed by atoms with E-state index < -0.39 is 0 Å². The van der Waals surface area contributed by atoms with Crippen molar-refractivity contribution in [3.05, 3.63) is 59.0 Å². The van der Waals surface area contributed by atoms with Gasteiger partial charge in [0.2, 0.25) is 11.7 Å². The molecule has 1 aromatic heterocycles. The average Bonchev–Trinajstić information content (AvgIpc) is 3.19. The van der Waals surface area contributed by atoms with Crippen LogP contribution in [-0.4, -0.2) is 54.8 Å². The van der Waals surface area contributed by atoms with Crippen molar-refractivity contribution in [2.75, 3.05) is 54.5 Å². The van der Waals surface area contributed by atoms with Crippen LogP contribution in [0.25, 0.3) is 0 Å². The molecule has 33 heavy (non-hydrogen) atoms. The van der Waals surface area contributed by atoms with Gasteiger partial charge in [-0.25, -0.2) is 4.98 Å². The molecule has 0 unspecified atom stereocenters. The molecule has 8 nitrogen and oxygen atoms in total. The van der Waals surface area contributed by atoms with Gasteiger partial charge in [0.1, 0.15) is 10.7 Å². The zero-order valence-electron chi connectivity index (χ0n) is 18.8. The minimum atomic E-state index is -0.226. The first-order valence-electron chi connectivity index (χ1n) is 10.9. The largest absolute Gasteiger partial charge is 0.382 e. The van der Waals surface area contributed by atoms with Crippen molar-refractivity contribution in [3.8, 4) is 0 Å². The molecule has 0 aliphatic carbocycles. The Balaban J connectivity index is 1.45. The van der Waals surface area contributed by atoms with Crippen LogP contribution in [0.15, 0.2) is 48.5 Å². The fourth-order valence-electron chi connectivity index (χ4n) is 3.61. The average molecular weight is 465 g/mol. The summed E-state index contributed by atoms with van der Waals surface area (Å²) < 4.78 is 0. The fourth-order valence-corrected chi connectivity index (χ4v) is 4.48. The number of nitrogen functional groups attached to an aromatic ring is 1. The first-order valence-corrected chi connectivity index (χ1v) is 11.8. The van der Waals surface area contributed by atoms with E-state index in [0.29, 0.717) is 27.7 Å². The number of rotatable bonds is 7. The van der Waals surface area contributed by atoms with Gasteiger partial charge in [0.15, 0.2) is 5.13 Å². The maximum Gasteiger partial charge on any atom is 0.224 e. The van der Waals surface area contributed by atoms with Crippen molar-refractivity contribution in [1.82, 2.24) is 9.88 Å². The molecule has 0 radical (unpaired) electrons. The summed E-state index contributed by atoms with van der Waals surface area (Å²) in [6.07, 6.45) is 0.366. The van der Waals surface area contributed by atoms with Gasteiger partial charge in [-0.2, -0.15) is 0 Å². The van der Waals surface area contributed by atoms with Crippen molar-refractivity contribution in [2.24, 2.45) is 0 Å². The van der Waals surface area contributed by atoms with Gasteiger partial charge in [0.25, 0.3) is 0 Å². The van der Waals surface area contributed by atoms with E-state index in [1.54, 1.807) is 31.2 Å². The van der Waals surface area contributed by atoms with E-state index in [2.05, 4.69) is 44.6 Å². The van der Waals surface area contributed by atoms with Crippen LogP contribution in [0.5, 0.6) is 0 Å². The molecule has 9 heteroatoms. The maximum absolute atomic E-state index is 13.0. The van der Waals surface area contributed by atoms with Gasteiger partial charge in [0, 0.05) is 55.2 Å². The van der Waals surface area contributed by atoms with Crippen LogP contribution in [0.2, 0.25) is 0 Å². The van der Waals surface area contributed by atoms with Crippen molar-refractivity contribution in [2.45, 2.75) is 13.3 Å². The Labute approximate surface area is 197 Å². The lowest BCUT2D eigenvalue weighted by Crippen LogP contribution is -2.44. The van der Waals surface area contributed by atoms with E-state index in [0.717, 1.165) is 31.9 Å². The molecule has 2 aromatic carbocycles. The number of nitrogens with one attached hydrogen (secondary N) is 2. The Morgan fingerprint density at radius 3 is 2.48 bits per heavy atom. The quantitative estimate of drug-likeness (QED) is 0.457. The number of aromatic nitrogens is 1. The van der Waals surface area contributed by atoms with E-state index in [-0.39, 0.29) is 17.5 Å². The lowest BCUT2D eigenvalue weighted by molar-refractivity contribution is -0.115. The first-order chi connectivity index (χ1) is 15.9. The fraction of sp³-hybridized carbons (Fsp3) is 0.292. The van der Waals surface area contributed by atoms with Crippen LogP contribution in [0.1, 0.15) is 28.6 Å². The third-order valence-corrected chi connectivity index (χ3v) is 6.56. The highest BCUT2D eigenvalue weighted by molar-refractivity contribution is 7.18. The Kier molecular flexibility index (Phi) is 6.90. The smallest absolute Gasteiger partial charge is 0.224 e. The predicted octanol–water partition coefficient (Wildman–Crippen LogP) is 3.80. The molecule has 0 saturated carbocycles. The third-order valence-electron chi connectivity index (χ3n) is 5.58. The third kappa shape index (κ3) is 5.50. The van der Waals surface area contributed by atoms with Crippen LogP contribution >= 0.6 is 11.3 Å². The van der Waals surface area contributed by atoms with Gasteiger partial charge >= 0.3 is 0 Å². The summed E-state index contributed by atoms with van der Waals surface area (Å²) in [4.78, 5) is 34.1. The number of carbonyl (C=O) groups is 2. The molecular formula is C24H28N6O2S. The number of nitrogens with zero attached hydrogens (tertiary/aromatic N) is 3. The van der Waals surface area contributed by atoms with Gasteiger partial charge < -0.3 is 26.2 Å². The molecule has 1 fully saturated rings. The standard InChI is InChI=1S/C24H28N6O2S/c1-3-20(31)26-18-6-4-5-16(15-18)21(32)22-23(25)28-24(33-22)27-17-7-9-19(10-8-17)30-13-11-29(2)12-14-30/h4-10,15H,3,11-14,25H2,1-2H3,(H,26,31)(H,27,28). The lowest BCUT2D eigenvalue weighted by atomic mass is 10.1. The Hall–Kier alpha value is -3.43. The highest BCUT2D eigenvalue weighted by Gasteiger charge is 2.19. The van der Waals surface area contributed by atoms with Gasteiger partial charge in [-0.15, -0.1) is 0 Å². The minimum absolute atomic E-state index is 0.109. The molecule has 0 bridgehead atoms. The summed E-state index contributed by atoms with van der Waals surface area (Å²) in [6, 6.07) is 15.0. The number of ketones is 1. The van der Waals surface area contributed by atoms with Gasteiger partial charge in [0.05, 0.1) is 0 Å². The number of hydrogen-bond donors (Lipinski definition) is 3. The second kappa shape index (κ2) is 10.0. The minimum Gasteiger partial charge on any atom is -0.382 e. The predicted molar refractivity (Wildman–Crippen MR) is 135 cm³/mol. The van der Waals surface area contributed by atoms with Crippen LogP contribution in [0.4, 0.5) is 28.0 Å². The molecule has 1 saturated heterocycles. The second-order valence-corrected chi connectivity index (χ2v) is 9.01. The number of hydrogen-bond acceptors (Lipinski definition) is 8. The van der Waals surface area contributed by atoms with Crippen LogP contribution in [0, 0.1) is 0 Å². The monoisotopic (exact) mass is 464 g/mol. The van der Waals surface area contributed by atoms with Crippen molar-refractivity contribution < 1.29 is 9.59 Å². The van der Waals surface area contributed by atoms with E-state index in [1.165, 1.54) is 17.0 Å². The number of anilines is 5. The highest BCUT2D eigenvalue weighted by atomic mass is 32.1. The molecule has 4 N–H and O–H groups in total. The summed E-state index contributed by atoms with van der Waals surface area (Å²) in [6.45, 7) is 5.92. The first kappa shape index (κ1) is 22.8. The molecule has 1 amide bonds. The van der Waals surface area contributed by atoms with Crippen LogP contribution < -0.4 is 21.3 Å². The van der Waals surface area contributed by atoms with Crippen molar-refractivity contribution >= 4 is 51.0 Å². The Morgan fingerprint density at radius 1 is 1.06 bits per heavy atom. The van der Waals surface area contributed by atoms with E-state index in [4.69, 9.17) is 5.73 Å². The maximum atomic E-state index is 13.0. The summed E-state index contributed by atoms with van der Waals surface area (Å²) >= 11 is 1.21. The number of benzene rings is 2. The van der Waals surface area contributed by atoms with E-state index >= 15 is 0 Å². The summed E-state index contributed by atoms with van der Waals surface area (Å²) in [5.41, 5.74) is 9.16.